The summed E-state index contributed by atoms with van der Waals surface area (Å²) < 4.78 is 12.6. The fraction of sp³-hybridized carbons (Fsp3) is 0.591. The molecule has 0 saturated carbocycles. The molecule has 2 bridgehead atoms. The van der Waals surface area contributed by atoms with Crippen molar-refractivity contribution in [2.45, 2.75) is 25.4 Å². The number of aromatic nitrogens is 3. The number of benzene rings is 1. The highest BCUT2D eigenvalue weighted by Gasteiger charge is 2.44. The topological polar surface area (TPSA) is 72.7 Å². The molecule has 4 atom stereocenters. The van der Waals surface area contributed by atoms with Crippen LogP contribution in [0.15, 0.2) is 30.5 Å². The van der Waals surface area contributed by atoms with Crippen LogP contribution in [0, 0.1) is 11.8 Å². The van der Waals surface area contributed by atoms with Crippen molar-refractivity contribution in [1.29, 1.82) is 0 Å². The van der Waals surface area contributed by atoms with Gasteiger partial charge in [-0.1, -0.05) is 5.21 Å². The molecule has 0 N–H and O–H groups in total. The first-order chi connectivity index (χ1) is 14.7. The number of fused-ring (bicyclic) bond motifs is 3. The van der Waals surface area contributed by atoms with Crippen LogP contribution < -0.4 is 4.74 Å². The van der Waals surface area contributed by atoms with Gasteiger partial charge in [0.2, 0.25) is 5.91 Å². The van der Waals surface area contributed by atoms with Crippen molar-refractivity contribution in [3.05, 3.63) is 30.5 Å². The third-order valence-electron chi connectivity index (χ3n) is 6.84. The number of rotatable bonds is 5. The maximum absolute atomic E-state index is 13.0. The molecule has 160 valence electrons. The van der Waals surface area contributed by atoms with Crippen molar-refractivity contribution in [2.75, 3.05) is 46.5 Å². The highest BCUT2D eigenvalue weighted by molar-refractivity contribution is 5.79. The Kier molecular flexibility index (Phi) is 5.43. The Balaban J connectivity index is 1.22. The SMILES string of the molecule is COc1ccc(-c2cn(C[C@H]3C[C@H]4CCN3C[C@@H]4C(=O)N3CCOCC3)nn2)cc1. The highest BCUT2D eigenvalue weighted by atomic mass is 16.5. The molecule has 2 aromatic rings. The first-order valence-electron chi connectivity index (χ1n) is 10.9. The van der Waals surface area contributed by atoms with E-state index in [0.717, 1.165) is 62.6 Å². The molecule has 1 aromatic heterocycles. The summed E-state index contributed by atoms with van der Waals surface area (Å²) in [6, 6.07) is 8.29. The quantitative estimate of drug-likeness (QED) is 0.743. The van der Waals surface area contributed by atoms with E-state index >= 15 is 0 Å². The van der Waals surface area contributed by atoms with Crippen molar-refractivity contribution in [2.24, 2.45) is 11.8 Å². The molecule has 6 rings (SSSR count). The number of methoxy groups -OCH3 is 1. The Labute approximate surface area is 176 Å². The smallest absolute Gasteiger partial charge is 0.227 e. The van der Waals surface area contributed by atoms with Crippen LogP contribution in [0.3, 0.4) is 0 Å². The third-order valence-corrected chi connectivity index (χ3v) is 6.84. The number of amides is 1. The summed E-state index contributed by atoms with van der Waals surface area (Å²) >= 11 is 0. The van der Waals surface area contributed by atoms with Crippen LogP contribution in [0.2, 0.25) is 0 Å². The van der Waals surface area contributed by atoms with Crippen LogP contribution in [-0.4, -0.2) is 83.2 Å². The van der Waals surface area contributed by atoms with Crippen LogP contribution in [0.5, 0.6) is 5.75 Å². The van der Waals surface area contributed by atoms with Gasteiger partial charge in [0.1, 0.15) is 11.4 Å². The summed E-state index contributed by atoms with van der Waals surface area (Å²) in [6.07, 6.45) is 4.19. The predicted molar refractivity (Wildman–Crippen MR) is 111 cm³/mol. The Morgan fingerprint density at radius 2 is 2.00 bits per heavy atom. The molecule has 30 heavy (non-hydrogen) atoms. The lowest BCUT2D eigenvalue weighted by Crippen LogP contribution is -2.59. The number of carbonyl (C=O) groups excluding carboxylic acids is 1. The molecule has 1 unspecified atom stereocenters. The van der Waals surface area contributed by atoms with Crippen molar-refractivity contribution in [3.8, 4) is 17.0 Å². The molecule has 8 heteroatoms. The minimum absolute atomic E-state index is 0.138. The Morgan fingerprint density at radius 1 is 1.20 bits per heavy atom. The summed E-state index contributed by atoms with van der Waals surface area (Å²) in [5.41, 5.74) is 1.90. The fourth-order valence-electron chi connectivity index (χ4n) is 5.12. The number of nitrogens with zero attached hydrogens (tertiary/aromatic N) is 5. The van der Waals surface area contributed by atoms with Crippen LogP contribution in [-0.2, 0) is 16.1 Å². The van der Waals surface area contributed by atoms with Crippen molar-refractivity contribution < 1.29 is 14.3 Å². The number of hydrogen-bond acceptors (Lipinski definition) is 6. The maximum Gasteiger partial charge on any atom is 0.227 e. The van der Waals surface area contributed by atoms with Gasteiger partial charge in [0.25, 0.3) is 0 Å². The van der Waals surface area contributed by atoms with Crippen LogP contribution in [0.25, 0.3) is 11.3 Å². The number of carbonyl (C=O) groups is 1. The lowest BCUT2D eigenvalue weighted by atomic mass is 9.75. The zero-order chi connectivity index (χ0) is 20.5. The molecular formula is C22H29N5O3. The van der Waals surface area contributed by atoms with E-state index in [-0.39, 0.29) is 5.92 Å². The van der Waals surface area contributed by atoms with Crippen molar-refractivity contribution >= 4 is 5.91 Å². The standard InChI is InChI=1S/C22H29N5O3/c1-29-19-4-2-16(3-5-19)21-15-27(24-23-21)13-18-12-17-6-7-26(18)14-20(17)22(28)25-8-10-30-11-9-25/h2-5,15,17-18,20H,6-14H2,1H3/t17-,18-,20+/m1/s1. The minimum Gasteiger partial charge on any atom is -0.497 e. The average molecular weight is 412 g/mol. The van der Waals surface area contributed by atoms with Gasteiger partial charge in [-0.05, 0) is 49.6 Å². The van der Waals surface area contributed by atoms with E-state index in [9.17, 15) is 4.79 Å². The lowest BCUT2D eigenvalue weighted by Gasteiger charge is -2.50. The lowest BCUT2D eigenvalue weighted by molar-refractivity contribution is -0.148. The van der Waals surface area contributed by atoms with E-state index in [1.807, 2.05) is 40.0 Å². The monoisotopic (exact) mass is 411 g/mol. The number of morpholine rings is 1. The molecular weight excluding hydrogens is 382 g/mol. The number of hydrogen-bond donors (Lipinski definition) is 0. The van der Waals surface area contributed by atoms with Gasteiger partial charge >= 0.3 is 0 Å². The van der Waals surface area contributed by atoms with E-state index in [1.165, 1.54) is 0 Å². The molecule has 0 radical (unpaired) electrons. The summed E-state index contributed by atoms with van der Waals surface area (Å²) in [6.45, 7) is 5.56. The first kappa shape index (κ1) is 19.5. The van der Waals surface area contributed by atoms with Gasteiger partial charge < -0.3 is 14.4 Å². The molecule has 4 aliphatic rings. The Bertz CT molecular complexity index is 877. The zero-order valence-corrected chi connectivity index (χ0v) is 17.4. The van der Waals surface area contributed by atoms with Gasteiger partial charge in [0.05, 0.1) is 39.0 Å². The average Bonchev–Trinajstić information content (AvgIpc) is 3.28. The summed E-state index contributed by atoms with van der Waals surface area (Å²) in [5, 5.41) is 8.71. The van der Waals surface area contributed by atoms with Gasteiger partial charge in [0, 0.05) is 31.2 Å². The molecule has 4 fully saturated rings. The van der Waals surface area contributed by atoms with E-state index in [2.05, 4.69) is 15.2 Å². The van der Waals surface area contributed by atoms with Crippen LogP contribution in [0.4, 0.5) is 0 Å². The zero-order valence-electron chi connectivity index (χ0n) is 17.4. The van der Waals surface area contributed by atoms with Crippen LogP contribution >= 0.6 is 0 Å². The van der Waals surface area contributed by atoms with Crippen molar-refractivity contribution in [1.82, 2.24) is 24.8 Å². The second-order valence-corrected chi connectivity index (χ2v) is 8.53. The maximum atomic E-state index is 13.0. The van der Waals surface area contributed by atoms with Gasteiger partial charge in [-0.2, -0.15) is 0 Å². The molecule has 8 nitrogen and oxygen atoms in total. The molecule has 1 aromatic carbocycles. The molecule has 0 spiro atoms. The molecule has 4 saturated heterocycles. The fourth-order valence-corrected chi connectivity index (χ4v) is 5.12. The second-order valence-electron chi connectivity index (χ2n) is 8.53. The van der Waals surface area contributed by atoms with Gasteiger partial charge in [0.15, 0.2) is 0 Å². The first-order valence-corrected chi connectivity index (χ1v) is 10.9. The predicted octanol–water partition coefficient (Wildman–Crippen LogP) is 1.52. The van der Waals surface area contributed by atoms with Gasteiger partial charge in [-0.3, -0.25) is 14.4 Å². The Morgan fingerprint density at radius 3 is 2.70 bits per heavy atom. The Hall–Kier alpha value is -2.45. The number of ether oxygens (including phenoxy) is 2. The third kappa shape index (κ3) is 3.81. The summed E-state index contributed by atoms with van der Waals surface area (Å²) in [7, 11) is 1.66. The highest BCUT2D eigenvalue weighted by Crippen LogP contribution is 2.38. The van der Waals surface area contributed by atoms with Crippen LogP contribution in [0.1, 0.15) is 12.8 Å². The van der Waals surface area contributed by atoms with Gasteiger partial charge in [-0.15, -0.1) is 5.10 Å². The van der Waals surface area contributed by atoms with E-state index < -0.39 is 0 Å². The summed E-state index contributed by atoms with van der Waals surface area (Å²) in [5.74, 6) is 1.77. The molecule has 0 aliphatic carbocycles. The molecule has 4 aliphatic heterocycles. The van der Waals surface area contributed by atoms with E-state index in [4.69, 9.17) is 9.47 Å². The van der Waals surface area contributed by atoms with E-state index in [1.54, 1.807) is 7.11 Å². The molecule has 1 amide bonds. The summed E-state index contributed by atoms with van der Waals surface area (Å²) in [4.78, 5) is 17.5. The molecule has 5 heterocycles. The second kappa shape index (κ2) is 8.35. The number of piperidine rings is 3. The minimum atomic E-state index is 0.138. The van der Waals surface area contributed by atoms with Crippen molar-refractivity contribution in [3.63, 3.8) is 0 Å². The largest absolute Gasteiger partial charge is 0.497 e. The normalized spacial score (nSPS) is 28.5. The van der Waals surface area contributed by atoms with Gasteiger partial charge in [-0.25, -0.2) is 0 Å². The van der Waals surface area contributed by atoms with E-state index in [0.29, 0.717) is 31.1 Å².